The molecular weight excluding hydrogens is 525 g/mol. The number of aromatic nitrogens is 1. The summed E-state index contributed by atoms with van der Waals surface area (Å²) in [5.41, 5.74) is 13.6. The molecule has 0 amide bonds. The average Bonchev–Trinajstić information content (AvgIpc) is 3.30. The Labute approximate surface area is 240 Å². The van der Waals surface area contributed by atoms with Crippen LogP contribution in [-0.4, -0.2) is 53.5 Å². The minimum atomic E-state index is -4.72. The van der Waals surface area contributed by atoms with Gasteiger partial charge in [-0.3, -0.25) is 9.80 Å². The average molecular weight is 565 g/mol. The maximum Gasteiger partial charge on any atom is 0.573 e. The largest absolute Gasteiger partial charge is 0.573 e. The molecule has 5 rings (SSSR count). The number of benzene rings is 3. The number of fused-ring (bicyclic) bond motifs is 1. The van der Waals surface area contributed by atoms with Gasteiger partial charge >= 0.3 is 6.36 Å². The normalized spacial score (nSPS) is 15.1. The van der Waals surface area contributed by atoms with Crippen LogP contribution in [0, 0.1) is 6.92 Å². The van der Waals surface area contributed by atoms with Gasteiger partial charge in [0.25, 0.3) is 0 Å². The van der Waals surface area contributed by atoms with Crippen molar-refractivity contribution < 1.29 is 17.9 Å². The van der Waals surface area contributed by atoms with Gasteiger partial charge in [0, 0.05) is 68.5 Å². The first kappa shape index (κ1) is 29.2. The van der Waals surface area contributed by atoms with E-state index in [0.29, 0.717) is 13.0 Å². The molecule has 5 nitrogen and oxygen atoms in total. The zero-order valence-electron chi connectivity index (χ0n) is 23.9. The third-order valence-corrected chi connectivity index (χ3v) is 7.93. The summed E-state index contributed by atoms with van der Waals surface area (Å²) in [6.45, 7) is 11.4. The number of nitrogens with two attached hydrogens (primary N) is 1. The van der Waals surface area contributed by atoms with Crippen LogP contribution >= 0.6 is 0 Å². The molecule has 0 aliphatic carbocycles. The van der Waals surface area contributed by atoms with Crippen molar-refractivity contribution in [2.24, 2.45) is 5.73 Å². The zero-order chi connectivity index (χ0) is 29.0. The van der Waals surface area contributed by atoms with E-state index in [1.165, 1.54) is 28.8 Å². The molecule has 0 saturated carbocycles. The van der Waals surface area contributed by atoms with E-state index < -0.39 is 6.36 Å². The predicted octanol–water partition coefficient (Wildman–Crippen LogP) is 6.74. The van der Waals surface area contributed by atoms with Gasteiger partial charge in [-0.1, -0.05) is 48.9 Å². The highest BCUT2D eigenvalue weighted by Gasteiger charge is 2.31. The Morgan fingerprint density at radius 3 is 2.12 bits per heavy atom. The van der Waals surface area contributed by atoms with Gasteiger partial charge < -0.3 is 15.0 Å². The van der Waals surface area contributed by atoms with Crippen LogP contribution in [0.5, 0.6) is 5.75 Å². The van der Waals surface area contributed by atoms with Crippen LogP contribution in [0.4, 0.5) is 13.2 Å². The van der Waals surface area contributed by atoms with E-state index in [1.807, 2.05) is 6.92 Å². The van der Waals surface area contributed by atoms with Crippen molar-refractivity contribution in [1.82, 2.24) is 14.4 Å². The van der Waals surface area contributed by atoms with Crippen LogP contribution in [0.1, 0.15) is 35.6 Å². The first-order valence-electron chi connectivity index (χ1n) is 14.4. The van der Waals surface area contributed by atoms with Crippen molar-refractivity contribution in [1.29, 1.82) is 0 Å². The molecule has 1 aliphatic rings. The minimum Gasteiger partial charge on any atom is -0.406 e. The molecule has 1 saturated heterocycles. The third kappa shape index (κ3) is 7.31. The Morgan fingerprint density at radius 1 is 0.829 bits per heavy atom. The third-order valence-electron chi connectivity index (χ3n) is 7.93. The molecule has 3 aromatic carbocycles. The van der Waals surface area contributed by atoms with E-state index in [2.05, 4.69) is 74.7 Å². The summed E-state index contributed by atoms with van der Waals surface area (Å²) < 4.78 is 45.0. The lowest BCUT2D eigenvalue weighted by molar-refractivity contribution is -0.274. The summed E-state index contributed by atoms with van der Waals surface area (Å²) >= 11 is 0. The van der Waals surface area contributed by atoms with Crippen LogP contribution in [0.2, 0.25) is 0 Å². The summed E-state index contributed by atoms with van der Waals surface area (Å²) in [7, 11) is 0. The Balaban J connectivity index is 1.36. The summed E-state index contributed by atoms with van der Waals surface area (Å²) in [5.74, 6) is -0.188. The van der Waals surface area contributed by atoms with Crippen molar-refractivity contribution in [2.45, 2.75) is 52.7 Å². The Bertz CT molecular complexity index is 1450. The molecule has 8 heteroatoms. The molecule has 0 unspecified atom stereocenters. The standard InChI is InChI=1S/C33H39F3N4O/c1-3-27-20-28(41-33(34,35)36)10-11-29(27)31-23-40(14-4-13-37)32-12-9-26(19-30(31)32)22-39-17-15-38(16-18-39)21-25-7-5-24(2)6-8-25/h5-12,19-20,23H,3-4,13-18,21-22,37H2,1-2H3. The second-order valence-electron chi connectivity index (χ2n) is 11.0. The fourth-order valence-electron chi connectivity index (χ4n) is 5.74. The molecule has 0 atom stereocenters. The van der Waals surface area contributed by atoms with Crippen LogP contribution in [0.3, 0.4) is 0 Å². The van der Waals surface area contributed by atoms with Crippen LogP contribution < -0.4 is 10.5 Å². The molecule has 1 fully saturated rings. The Morgan fingerprint density at radius 2 is 1.49 bits per heavy atom. The van der Waals surface area contributed by atoms with Gasteiger partial charge in [-0.25, -0.2) is 0 Å². The molecule has 0 spiro atoms. The smallest absolute Gasteiger partial charge is 0.406 e. The molecule has 1 aliphatic heterocycles. The van der Waals surface area contributed by atoms with E-state index in [1.54, 1.807) is 6.07 Å². The molecule has 2 N–H and O–H groups in total. The second kappa shape index (κ2) is 12.7. The molecule has 218 valence electrons. The SMILES string of the molecule is CCc1cc(OC(F)(F)F)ccc1-c1cn(CCCN)c2ccc(CN3CCN(Cc4ccc(C)cc4)CC3)cc12. The molecule has 0 bridgehead atoms. The zero-order valence-corrected chi connectivity index (χ0v) is 23.9. The van der Waals surface area contributed by atoms with E-state index in [4.69, 9.17) is 5.73 Å². The maximum absolute atomic E-state index is 12.9. The fourth-order valence-corrected chi connectivity index (χ4v) is 5.74. The number of ether oxygens (including phenoxy) is 1. The molecule has 4 aromatic rings. The van der Waals surface area contributed by atoms with Gasteiger partial charge in [0.05, 0.1) is 0 Å². The molecule has 2 heterocycles. The van der Waals surface area contributed by atoms with Gasteiger partial charge in [0.2, 0.25) is 0 Å². The number of hydrogen-bond acceptors (Lipinski definition) is 4. The van der Waals surface area contributed by atoms with Gasteiger partial charge in [-0.05, 0) is 72.8 Å². The highest BCUT2D eigenvalue weighted by atomic mass is 19.4. The van der Waals surface area contributed by atoms with E-state index in [9.17, 15) is 13.2 Å². The molecule has 41 heavy (non-hydrogen) atoms. The Hall–Kier alpha value is -3.33. The molecular formula is C33H39F3N4O. The van der Waals surface area contributed by atoms with Gasteiger partial charge in [0.1, 0.15) is 5.75 Å². The van der Waals surface area contributed by atoms with Crippen molar-refractivity contribution in [3.63, 3.8) is 0 Å². The number of halogens is 3. The first-order chi connectivity index (χ1) is 19.7. The monoisotopic (exact) mass is 564 g/mol. The van der Waals surface area contributed by atoms with Crippen molar-refractivity contribution >= 4 is 10.9 Å². The predicted molar refractivity (Wildman–Crippen MR) is 159 cm³/mol. The minimum absolute atomic E-state index is 0.188. The van der Waals surface area contributed by atoms with E-state index in [-0.39, 0.29) is 5.75 Å². The van der Waals surface area contributed by atoms with Gasteiger partial charge in [-0.15, -0.1) is 13.2 Å². The van der Waals surface area contributed by atoms with Crippen LogP contribution in [-0.2, 0) is 26.1 Å². The quantitative estimate of drug-likeness (QED) is 0.232. The highest BCUT2D eigenvalue weighted by Crippen LogP contribution is 2.36. The van der Waals surface area contributed by atoms with Gasteiger partial charge in [0.15, 0.2) is 0 Å². The summed E-state index contributed by atoms with van der Waals surface area (Å²) in [4.78, 5) is 5.01. The Kier molecular flexibility index (Phi) is 9.02. The summed E-state index contributed by atoms with van der Waals surface area (Å²) in [6.07, 6.45) is -1.16. The number of hydrogen-bond donors (Lipinski definition) is 1. The number of piperazine rings is 1. The number of rotatable bonds is 10. The number of alkyl halides is 3. The van der Waals surface area contributed by atoms with Crippen molar-refractivity contribution in [2.75, 3.05) is 32.7 Å². The fraction of sp³-hybridized carbons (Fsp3) is 0.394. The lowest BCUT2D eigenvalue weighted by Crippen LogP contribution is -2.45. The highest BCUT2D eigenvalue weighted by molar-refractivity contribution is 5.97. The van der Waals surface area contributed by atoms with Gasteiger partial charge in [-0.2, -0.15) is 0 Å². The summed E-state index contributed by atoms with van der Waals surface area (Å²) in [5, 5.41) is 1.11. The van der Waals surface area contributed by atoms with Crippen molar-refractivity contribution in [3.05, 3.63) is 89.1 Å². The molecule has 0 radical (unpaired) electrons. The topological polar surface area (TPSA) is 46.7 Å². The number of nitrogens with zero attached hydrogens (tertiary/aromatic N) is 3. The number of aryl methyl sites for hydroxylation is 3. The molecule has 1 aromatic heterocycles. The lowest BCUT2D eigenvalue weighted by atomic mass is 9.96. The maximum atomic E-state index is 12.9. The first-order valence-corrected chi connectivity index (χ1v) is 14.4. The second-order valence-corrected chi connectivity index (χ2v) is 11.0. The van der Waals surface area contributed by atoms with Crippen LogP contribution in [0.15, 0.2) is 66.9 Å². The van der Waals surface area contributed by atoms with E-state index in [0.717, 1.165) is 79.8 Å². The van der Waals surface area contributed by atoms with Crippen LogP contribution in [0.25, 0.3) is 22.0 Å². The van der Waals surface area contributed by atoms with Crippen molar-refractivity contribution in [3.8, 4) is 16.9 Å². The lowest BCUT2D eigenvalue weighted by Gasteiger charge is -2.34. The van der Waals surface area contributed by atoms with E-state index >= 15 is 0 Å². The summed E-state index contributed by atoms with van der Waals surface area (Å²) in [6, 6.07) is 20.1.